The molecule has 118 valence electrons. The maximum Gasteiger partial charge on any atom is 0.287 e. The largest absolute Gasteiger partial charge is 0.451 e. The maximum atomic E-state index is 12.5. The second-order valence-corrected chi connectivity index (χ2v) is 5.83. The van der Waals surface area contributed by atoms with Crippen molar-refractivity contribution >= 4 is 16.9 Å². The molecular formula is C18H19N3O2. The van der Waals surface area contributed by atoms with Gasteiger partial charge in [0.25, 0.3) is 5.91 Å². The topological polar surface area (TPSA) is 68.0 Å². The van der Waals surface area contributed by atoms with E-state index in [1.54, 1.807) is 18.6 Å². The van der Waals surface area contributed by atoms with Crippen molar-refractivity contribution in [2.45, 2.75) is 33.2 Å². The Hall–Kier alpha value is -2.69. The molecule has 1 aromatic carbocycles. The zero-order chi connectivity index (χ0) is 16.4. The number of carbonyl (C=O) groups is 1. The van der Waals surface area contributed by atoms with E-state index >= 15 is 0 Å². The van der Waals surface area contributed by atoms with Crippen LogP contribution in [0.3, 0.4) is 0 Å². The van der Waals surface area contributed by atoms with Crippen molar-refractivity contribution in [3.63, 3.8) is 0 Å². The number of hydrogen-bond donors (Lipinski definition) is 1. The highest BCUT2D eigenvalue weighted by Gasteiger charge is 2.19. The number of aryl methyl sites for hydroxylation is 2. The molecule has 0 aliphatic rings. The van der Waals surface area contributed by atoms with Gasteiger partial charge < -0.3 is 9.73 Å². The van der Waals surface area contributed by atoms with Gasteiger partial charge in [0.2, 0.25) is 0 Å². The van der Waals surface area contributed by atoms with Gasteiger partial charge in [-0.2, -0.15) is 0 Å². The summed E-state index contributed by atoms with van der Waals surface area (Å²) in [5, 5.41) is 3.93. The summed E-state index contributed by atoms with van der Waals surface area (Å²) in [7, 11) is 0. The lowest BCUT2D eigenvalue weighted by Crippen LogP contribution is -2.34. The summed E-state index contributed by atoms with van der Waals surface area (Å²) in [4.78, 5) is 20.7. The van der Waals surface area contributed by atoms with Crippen LogP contribution < -0.4 is 5.32 Å². The Morgan fingerprint density at radius 2 is 2.13 bits per heavy atom. The molecule has 1 N–H and O–H groups in total. The van der Waals surface area contributed by atoms with Gasteiger partial charge >= 0.3 is 0 Å². The van der Waals surface area contributed by atoms with Gasteiger partial charge in [-0.15, -0.1) is 0 Å². The Balaban J connectivity index is 1.76. The van der Waals surface area contributed by atoms with E-state index in [4.69, 9.17) is 4.42 Å². The first-order valence-corrected chi connectivity index (χ1v) is 7.60. The number of aromatic nitrogens is 2. The monoisotopic (exact) mass is 309 g/mol. The number of amides is 1. The van der Waals surface area contributed by atoms with Gasteiger partial charge in [0, 0.05) is 42.0 Å². The molecule has 0 saturated carbocycles. The van der Waals surface area contributed by atoms with Crippen molar-refractivity contribution in [1.29, 1.82) is 0 Å². The molecule has 3 rings (SSSR count). The summed E-state index contributed by atoms with van der Waals surface area (Å²) < 4.78 is 5.75. The number of nitrogens with one attached hydrogen (secondary N) is 1. The number of fused-ring (bicyclic) bond motifs is 1. The predicted molar refractivity (Wildman–Crippen MR) is 88.4 cm³/mol. The van der Waals surface area contributed by atoms with Crippen LogP contribution >= 0.6 is 0 Å². The third-order valence-electron chi connectivity index (χ3n) is 3.81. The van der Waals surface area contributed by atoms with E-state index in [9.17, 15) is 4.79 Å². The zero-order valence-electron chi connectivity index (χ0n) is 13.5. The van der Waals surface area contributed by atoms with Crippen LogP contribution in [0.4, 0.5) is 0 Å². The first-order valence-electron chi connectivity index (χ1n) is 7.60. The minimum atomic E-state index is -0.201. The fourth-order valence-electron chi connectivity index (χ4n) is 2.64. The van der Waals surface area contributed by atoms with E-state index < -0.39 is 0 Å². The standard InChI is InChI=1S/C18H19N3O2/c1-11-4-5-15-13(3)17(23-16(15)8-11)18(22)21-12(2)9-14-10-19-6-7-20-14/h4-8,10,12H,9H2,1-3H3,(H,21,22)/t12-/m0/s1. The van der Waals surface area contributed by atoms with E-state index in [2.05, 4.69) is 15.3 Å². The average molecular weight is 309 g/mol. The summed E-state index contributed by atoms with van der Waals surface area (Å²) in [6.45, 7) is 5.85. The molecule has 0 saturated heterocycles. The van der Waals surface area contributed by atoms with Crippen molar-refractivity contribution in [2.24, 2.45) is 0 Å². The van der Waals surface area contributed by atoms with Crippen LogP contribution in [-0.4, -0.2) is 21.9 Å². The smallest absolute Gasteiger partial charge is 0.287 e. The summed E-state index contributed by atoms with van der Waals surface area (Å²) in [5.41, 5.74) is 3.56. The van der Waals surface area contributed by atoms with Crippen molar-refractivity contribution in [2.75, 3.05) is 0 Å². The molecule has 0 spiro atoms. The molecule has 3 aromatic rings. The molecule has 1 amide bonds. The van der Waals surface area contributed by atoms with Crippen molar-refractivity contribution < 1.29 is 9.21 Å². The minimum absolute atomic E-state index is 0.0615. The molecule has 0 aliphatic carbocycles. The van der Waals surface area contributed by atoms with Gasteiger partial charge in [-0.3, -0.25) is 14.8 Å². The van der Waals surface area contributed by atoms with Gasteiger partial charge in [0.1, 0.15) is 5.58 Å². The van der Waals surface area contributed by atoms with Gasteiger partial charge in [-0.1, -0.05) is 12.1 Å². The molecule has 0 unspecified atom stereocenters. The Bertz CT molecular complexity index is 840. The molecule has 23 heavy (non-hydrogen) atoms. The fraction of sp³-hybridized carbons (Fsp3) is 0.278. The van der Waals surface area contributed by atoms with Crippen molar-refractivity contribution in [3.05, 3.63) is 59.4 Å². The van der Waals surface area contributed by atoms with Crippen molar-refractivity contribution in [1.82, 2.24) is 15.3 Å². The van der Waals surface area contributed by atoms with Crippen LogP contribution in [0.2, 0.25) is 0 Å². The summed E-state index contributed by atoms with van der Waals surface area (Å²) >= 11 is 0. The Labute approximate surface area is 134 Å². The van der Waals surface area contributed by atoms with Crippen LogP contribution in [0, 0.1) is 13.8 Å². The van der Waals surface area contributed by atoms with Crippen LogP contribution in [-0.2, 0) is 6.42 Å². The van der Waals surface area contributed by atoms with E-state index in [1.807, 2.05) is 39.0 Å². The molecule has 0 aliphatic heterocycles. The third kappa shape index (κ3) is 3.23. The molecule has 5 nitrogen and oxygen atoms in total. The summed E-state index contributed by atoms with van der Waals surface area (Å²) in [5.74, 6) is 0.171. The van der Waals surface area contributed by atoms with E-state index in [-0.39, 0.29) is 11.9 Å². The Morgan fingerprint density at radius 1 is 1.30 bits per heavy atom. The molecule has 0 fully saturated rings. The maximum absolute atomic E-state index is 12.5. The Morgan fingerprint density at radius 3 is 2.87 bits per heavy atom. The highest BCUT2D eigenvalue weighted by molar-refractivity contribution is 5.99. The highest BCUT2D eigenvalue weighted by Crippen LogP contribution is 2.26. The molecule has 2 aromatic heterocycles. The quantitative estimate of drug-likeness (QED) is 0.803. The fourth-order valence-corrected chi connectivity index (χ4v) is 2.64. The molecular weight excluding hydrogens is 290 g/mol. The summed E-state index contributed by atoms with van der Waals surface area (Å²) in [6.07, 6.45) is 5.61. The second-order valence-electron chi connectivity index (χ2n) is 5.83. The van der Waals surface area contributed by atoms with Gasteiger partial charge in [0.05, 0.1) is 5.69 Å². The van der Waals surface area contributed by atoms with Crippen molar-refractivity contribution in [3.8, 4) is 0 Å². The highest BCUT2D eigenvalue weighted by atomic mass is 16.3. The van der Waals surface area contributed by atoms with Crippen LogP contribution in [0.25, 0.3) is 11.0 Å². The molecule has 5 heteroatoms. The summed E-state index contributed by atoms with van der Waals surface area (Å²) in [6, 6.07) is 5.89. The second kappa shape index (κ2) is 6.20. The first-order chi connectivity index (χ1) is 11.0. The van der Waals surface area contributed by atoms with Gasteiger partial charge in [-0.25, -0.2) is 0 Å². The predicted octanol–water partition coefficient (Wildman–Crippen LogP) is 3.20. The lowest BCUT2D eigenvalue weighted by atomic mass is 10.1. The first kappa shape index (κ1) is 15.2. The van der Waals surface area contributed by atoms with Crippen LogP contribution in [0.1, 0.15) is 34.3 Å². The van der Waals surface area contributed by atoms with E-state index in [1.165, 1.54) is 0 Å². The third-order valence-corrected chi connectivity index (χ3v) is 3.81. The van der Waals surface area contributed by atoms with E-state index in [0.717, 1.165) is 27.8 Å². The number of carbonyl (C=O) groups excluding carboxylic acids is 1. The molecule has 1 atom stereocenters. The van der Waals surface area contributed by atoms with Gasteiger partial charge in [0.15, 0.2) is 5.76 Å². The molecule has 0 radical (unpaired) electrons. The normalized spacial score (nSPS) is 12.3. The minimum Gasteiger partial charge on any atom is -0.451 e. The number of benzene rings is 1. The zero-order valence-corrected chi connectivity index (χ0v) is 13.5. The number of rotatable bonds is 4. The van der Waals surface area contributed by atoms with Gasteiger partial charge in [-0.05, 0) is 32.4 Å². The number of nitrogens with zero attached hydrogens (tertiary/aromatic N) is 2. The number of furan rings is 1. The molecule has 2 heterocycles. The SMILES string of the molecule is Cc1ccc2c(C)c(C(=O)N[C@@H](C)Cc3cnccn3)oc2c1. The average Bonchev–Trinajstić information content (AvgIpc) is 2.84. The Kier molecular flexibility index (Phi) is 4.10. The van der Waals surface area contributed by atoms with Crippen LogP contribution in [0.5, 0.6) is 0 Å². The lowest BCUT2D eigenvalue weighted by Gasteiger charge is -2.12. The number of hydrogen-bond acceptors (Lipinski definition) is 4. The van der Waals surface area contributed by atoms with Crippen LogP contribution in [0.15, 0.2) is 41.2 Å². The van der Waals surface area contributed by atoms with E-state index in [0.29, 0.717) is 12.2 Å². The molecule has 0 bridgehead atoms. The lowest BCUT2D eigenvalue weighted by molar-refractivity contribution is 0.0913.